The number of aromatic nitrogens is 6. The van der Waals surface area contributed by atoms with Gasteiger partial charge in [0.2, 0.25) is 10.0 Å². The summed E-state index contributed by atoms with van der Waals surface area (Å²) in [4.78, 5) is 28.0. The largest absolute Gasteiger partial charge is 0.438 e. The van der Waals surface area contributed by atoms with E-state index < -0.39 is 58.2 Å². The van der Waals surface area contributed by atoms with Gasteiger partial charge in [0.05, 0.1) is 18.0 Å². The highest BCUT2D eigenvalue weighted by Crippen LogP contribution is 2.29. The van der Waals surface area contributed by atoms with Crippen molar-refractivity contribution >= 4 is 27.7 Å². The summed E-state index contributed by atoms with van der Waals surface area (Å²) in [6, 6.07) is 9.72. The molecule has 4 rings (SSSR count). The van der Waals surface area contributed by atoms with Gasteiger partial charge < -0.3 is 15.6 Å². The van der Waals surface area contributed by atoms with Crippen molar-refractivity contribution in [3.63, 3.8) is 0 Å². The molecule has 1 unspecified atom stereocenters. The minimum Gasteiger partial charge on any atom is -0.438 e. The predicted molar refractivity (Wildman–Crippen MR) is 140 cm³/mol. The van der Waals surface area contributed by atoms with E-state index in [-0.39, 0.29) is 34.2 Å². The van der Waals surface area contributed by atoms with Crippen LogP contribution in [0.4, 0.5) is 18.0 Å². The first kappa shape index (κ1) is 30.7. The van der Waals surface area contributed by atoms with Gasteiger partial charge in [-0.15, -0.1) is 5.10 Å². The Balaban J connectivity index is 1.82. The maximum absolute atomic E-state index is 13.3. The molecular formula is C23H22ClF3N8O6S. The Bertz CT molecular complexity index is 1790. The number of aliphatic hydroxyl groups excluding tert-OH is 1. The predicted octanol–water partition coefficient (Wildman–Crippen LogP) is 1.93. The molecule has 0 saturated carbocycles. The molecule has 14 nitrogen and oxygen atoms in total. The summed E-state index contributed by atoms with van der Waals surface area (Å²) >= 11 is 5.90. The summed E-state index contributed by atoms with van der Waals surface area (Å²) in [6.07, 6.45) is -9.99. The zero-order chi connectivity index (χ0) is 31.0. The minimum atomic E-state index is -5.04. The molecule has 42 heavy (non-hydrogen) atoms. The highest BCUT2D eigenvalue weighted by molar-refractivity contribution is 7.89. The smallest absolute Gasteiger partial charge is 0.416 e. The Hall–Kier alpha value is -4.26. The van der Waals surface area contributed by atoms with E-state index in [4.69, 9.17) is 27.2 Å². The van der Waals surface area contributed by atoms with Gasteiger partial charge in [0.25, 0.3) is 0 Å². The number of primary amides is 1. The molecule has 0 fully saturated rings. The van der Waals surface area contributed by atoms with Gasteiger partial charge in [0.15, 0.2) is 29.7 Å². The second-order valence-electron chi connectivity index (χ2n) is 8.90. The first-order valence-electron chi connectivity index (χ1n) is 11.8. The number of H-pyrrole nitrogens is 1. The van der Waals surface area contributed by atoms with E-state index >= 15 is 0 Å². The van der Waals surface area contributed by atoms with Crippen LogP contribution in [0.3, 0.4) is 0 Å². The molecule has 1 amide bonds. The molecule has 2 heterocycles. The third-order valence-electron chi connectivity index (χ3n) is 5.88. The molecule has 4 aromatic rings. The fraction of sp³-hybridized carbons (Fsp3) is 0.261. The van der Waals surface area contributed by atoms with Crippen molar-refractivity contribution in [2.75, 3.05) is 0 Å². The number of amides is 1. The third kappa shape index (κ3) is 6.62. The maximum Gasteiger partial charge on any atom is 0.416 e. The van der Waals surface area contributed by atoms with E-state index in [9.17, 15) is 36.3 Å². The molecule has 0 spiro atoms. The number of nitrogens with two attached hydrogens (primary N) is 2. The molecule has 0 aliphatic heterocycles. The van der Waals surface area contributed by atoms with Crippen LogP contribution in [-0.4, -0.2) is 61.4 Å². The summed E-state index contributed by atoms with van der Waals surface area (Å²) in [5, 5.41) is 26.1. The van der Waals surface area contributed by atoms with Gasteiger partial charge in [-0.3, -0.25) is 9.67 Å². The Labute approximate surface area is 239 Å². The van der Waals surface area contributed by atoms with Crippen LogP contribution < -0.4 is 16.6 Å². The third-order valence-corrected chi connectivity index (χ3v) is 7.18. The molecule has 6 N–H and O–H groups in total. The lowest BCUT2D eigenvalue weighted by atomic mass is 10.1. The molecule has 2 atom stereocenters. The summed E-state index contributed by atoms with van der Waals surface area (Å²) in [7, 11) is -4.53. The number of benzene rings is 2. The zero-order valence-electron chi connectivity index (χ0n) is 21.4. The molecule has 19 heteroatoms. The Kier molecular flexibility index (Phi) is 8.44. The number of nitrogens with zero attached hydrogens (tertiary/aromatic N) is 5. The molecule has 0 saturated heterocycles. The van der Waals surface area contributed by atoms with Crippen molar-refractivity contribution in [1.82, 2.24) is 29.5 Å². The van der Waals surface area contributed by atoms with E-state index in [1.807, 2.05) is 0 Å². The summed E-state index contributed by atoms with van der Waals surface area (Å²) in [5.41, 5.74) is 3.96. The Morgan fingerprint density at radius 1 is 1.21 bits per heavy atom. The van der Waals surface area contributed by atoms with Gasteiger partial charge in [-0.05, 0) is 42.8 Å². The van der Waals surface area contributed by atoms with Crippen molar-refractivity contribution in [3.05, 3.63) is 69.4 Å². The van der Waals surface area contributed by atoms with Gasteiger partial charge >= 0.3 is 18.0 Å². The second kappa shape index (κ2) is 11.6. The molecule has 2 aromatic heterocycles. The Morgan fingerprint density at radius 3 is 2.48 bits per heavy atom. The molecule has 224 valence electrons. The number of rotatable bonds is 9. The first-order valence-corrected chi connectivity index (χ1v) is 13.7. The number of carbonyl (C=O) groups is 1. The molecule has 0 bridgehead atoms. The van der Waals surface area contributed by atoms with E-state index in [2.05, 4.69) is 20.3 Å². The lowest BCUT2D eigenvalue weighted by molar-refractivity contribution is -0.207. The van der Waals surface area contributed by atoms with Crippen molar-refractivity contribution in [3.8, 4) is 22.8 Å². The van der Waals surface area contributed by atoms with Crippen LogP contribution in [0.1, 0.15) is 24.4 Å². The number of hydrogen-bond acceptors (Lipinski definition) is 9. The van der Waals surface area contributed by atoms with E-state index in [0.29, 0.717) is 9.59 Å². The van der Waals surface area contributed by atoms with E-state index in [1.165, 1.54) is 49.4 Å². The summed E-state index contributed by atoms with van der Waals surface area (Å²) < 4.78 is 71.2. The minimum absolute atomic E-state index is 0.0281. The quantitative estimate of drug-likeness (QED) is 0.212. The lowest BCUT2D eigenvalue weighted by Gasteiger charge is -2.15. The van der Waals surface area contributed by atoms with Crippen LogP contribution in [0.2, 0.25) is 5.02 Å². The number of hydrogen-bond donors (Lipinski definition) is 4. The number of alkyl halides is 3. The molecular weight excluding hydrogens is 609 g/mol. The first-order chi connectivity index (χ1) is 19.6. The zero-order valence-corrected chi connectivity index (χ0v) is 23.0. The van der Waals surface area contributed by atoms with Crippen molar-refractivity contribution in [2.45, 2.75) is 43.3 Å². The topological polar surface area (TPSA) is 214 Å². The van der Waals surface area contributed by atoms with Crippen molar-refractivity contribution in [2.24, 2.45) is 10.9 Å². The number of ether oxygens (including phenoxy) is 1. The standard InChI is InChI=1S/C23H22ClF3N8O6S/c1-11(41-21(28)37)18-30-19(32-31-18)15-4-2-3-13(17(15)42(29,39)40)9-35-22(38)34(10-16(36)23(25,26)27)20(33-35)12-5-7-14(24)8-6-12/h2-8,11,16,36H,9-10H2,1H3,(H2,28,37)(H2,29,39,40)(H,30,31,32)/t11?,16-/m0/s1. The summed E-state index contributed by atoms with van der Waals surface area (Å²) in [5.74, 6) is -0.375. The summed E-state index contributed by atoms with van der Waals surface area (Å²) in [6.45, 7) is -0.316. The number of aliphatic hydroxyl groups is 1. The normalized spacial score (nSPS) is 13.6. The highest BCUT2D eigenvalue weighted by Gasteiger charge is 2.39. The number of sulfonamides is 1. The number of aromatic amines is 1. The molecule has 0 radical (unpaired) electrons. The van der Waals surface area contributed by atoms with Crippen LogP contribution in [-0.2, 0) is 27.8 Å². The van der Waals surface area contributed by atoms with Gasteiger partial charge in [0.1, 0.15) is 0 Å². The van der Waals surface area contributed by atoms with E-state index in [1.54, 1.807) is 0 Å². The van der Waals surface area contributed by atoms with Gasteiger partial charge in [-0.2, -0.15) is 18.3 Å². The fourth-order valence-corrected chi connectivity index (χ4v) is 5.08. The highest BCUT2D eigenvalue weighted by atomic mass is 35.5. The average molecular weight is 631 g/mol. The number of carbonyl (C=O) groups excluding carboxylic acids is 1. The molecule has 2 aromatic carbocycles. The fourth-order valence-electron chi connectivity index (χ4n) is 3.99. The van der Waals surface area contributed by atoms with Crippen LogP contribution in [0.15, 0.2) is 52.2 Å². The maximum atomic E-state index is 13.3. The van der Waals surface area contributed by atoms with E-state index in [0.717, 1.165) is 4.68 Å². The number of halogens is 4. The monoisotopic (exact) mass is 630 g/mol. The van der Waals surface area contributed by atoms with Crippen LogP contribution in [0.5, 0.6) is 0 Å². The van der Waals surface area contributed by atoms with Crippen molar-refractivity contribution in [1.29, 1.82) is 0 Å². The van der Waals surface area contributed by atoms with Crippen molar-refractivity contribution < 1.29 is 36.2 Å². The number of primary sulfonamides is 1. The Morgan fingerprint density at radius 2 is 1.88 bits per heavy atom. The SMILES string of the molecule is CC(OC(N)=O)c1nc(-c2cccc(Cn3nc(-c4ccc(Cl)cc4)n(C[C@H](O)C(F)(F)F)c3=O)c2S(N)(=O)=O)n[nH]1. The average Bonchev–Trinajstić information content (AvgIpc) is 3.49. The van der Waals surface area contributed by atoms with Gasteiger partial charge in [0, 0.05) is 16.1 Å². The van der Waals surface area contributed by atoms with Crippen LogP contribution >= 0.6 is 11.6 Å². The number of nitrogens with one attached hydrogen (secondary N) is 1. The van der Waals surface area contributed by atoms with Gasteiger partial charge in [-0.25, -0.2) is 32.8 Å². The second-order valence-corrected chi connectivity index (χ2v) is 10.8. The molecule has 0 aliphatic carbocycles. The van der Waals surface area contributed by atoms with Crippen LogP contribution in [0.25, 0.3) is 22.8 Å². The van der Waals surface area contributed by atoms with Crippen LogP contribution in [0, 0.1) is 0 Å². The lowest BCUT2D eigenvalue weighted by Crippen LogP contribution is -2.37. The molecule has 0 aliphatic rings. The van der Waals surface area contributed by atoms with Gasteiger partial charge in [-0.1, -0.05) is 23.7 Å².